The van der Waals surface area contributed by atoms with Crippen molar-refractivity contribution < 1.29 is 37.9 Å². The van der Waals surface area contributed by atoms with Gasteiger partial charge in [-0.1, -0.05) is 12.1 Å². The minimum Gasteiger partial charge on any atom is -0.490 e. The predicted molar refractivity (Wildman–Crippen MR) is 184 cm³/mol. The lowest BCUT2D eigenvalue weighted by atomic mass is 10.0. The number of carbonyl (C=O) groups is 3. The molecule has 3 aromatic rings. The Balaban J connectivity index is 1.58. The minimum absolute atomic E-state index is 0.192. The number of fused-ring (bicyclic) bond motifs is 1. The van der Waals surface area contributed by atoms with Crippen LogP contribution in [0.2, 0.25) is 0 Å². The first-order chi connectivity index (χ1) is 23.4. The second-order valence-corrected chi connectivity index (χ2v) is 12.6. The molecule has 1 aromatic heterocycles. The van der Waals surface area contributed by atoms with Crippen molar-refractivity contribution in [3.63, 3.8) is 0 Å². The number of likely N-dealkylation sites (N-methyl/N-ethyl adjacent to an activating group) is 1. The van der Waals surface area contributed by atoms with Crippen molar-refractivity contribution >= 4 is 35.0 Å². The monoisotopic (exact) mass is 682 g/mol. The Morgan fingerprint density at radius 1 is 1.08 bits per heavy atom. The molecule has 2 heterocycles. The van der Waals surface area contributed by atoms with Gasteiger partial charge in [0.15, 0.2) is 5.76 Å². The molecule has 5 amide bonds. The Kier molecular flexibility index (Phi) is 13.0. The maximum Gasteiger partial charge on any atom is 0.323 e. The Morgan fingerprint density at radius 3 is 2.47 bits per heavy atom. The number of anilines is 3. The van der Waals surface area contributed by atoms with Crippen molar-refractivity contribution in [2.24, 2.45) is 5.92 Å². The van der Waals surface area contributed by atoms with E-state index in [1.807, 2.05) is 13.8 Å². The molecule has 4 N–H and O–H groups in total. The molecular formula is C35H47FN6O7. The first-order valence-electron chi connectivity index (χ1n) is 16.5. The van der Waals surface area contributed by atoms with E-state index in [1.54, 1.807) is 50.9 Å². The fourth-order valence-electron chi connectivity index (χ4n) is 5.51. The number of ether oxygens (including phenoxy) is 2. The van der Waals surface area contributed by atoms with Gasteiger partial charge in [0, 0.05) is 44.0 Å². The summed E-state index contributed by atoms with van der Waals surface area (Å²) in [5.41, 5.74) is 2.01. The average molecular weight is 683 g/mol. The maximum atomic E-state index is 14.4. The first kappa shape index (κ1) is 37.1. The van der Waals surface area contributed by atoms with Crippen LogP contribution in [0, 0.1) is 25.6 Å². The molecule has 1 aliphatic heterocycles. The van der Waals surface area contributed by atoms with Crippen molar-refractivity contribution in [1.29, 1.82) is 0 Å². The summed E-state index contributed by atoms with van der Waals surface area (Å²) in [6, 6.07) is 8.87. The molecule has 0 fully saturated rings. The van der Waals surface area contributed by atoms with Crippen LogP contribution in [0.4, 0.5) is 31.0 Å². The molecule has 13 nitrogen and oxygen atoms in total. The number of hydrogen-bond donors (Lipinski definition) is 4. The lowest BCUT2D eigenvalue weighted by Crippen LogP contribution is -2.48. The van der Waals surface area contributed by atoms with Gasteiger partial charge in [-0.3, -0.25) is 4.79 Å². The minimum atomic E-state index is -0.576. The second kappa shape index (κ2) is 17.1. The van der Waals surface area contributed by atoms with Crippen molar-refractivity contribution in [1.82, 2.24) is 15.0 Å². The molecule has 0 saturated heterocycles. The highest BCUT2D eigenvalue weighted by Crippen LogP contribution is 2.29. The topological polar surface area (TPSA) is 158 Å². The number of nitrogens with one attached hydrogen (secondary N) is 3. The summed E-state index contributed by atoms with van der Waals surface area (Å²) in [5, 5.41) is 22.3. The van der Waals surface area contributed by atoms with E-state index in [4.69, 9.17) is 14.0 Å². The summed E-state index contributed by atoms with van der Waals surface area (Å²) in [4.78, 5) is 43.3. The van der Waals surface area contributed by atoms with Crippen LogP contribution in [0.25, 0.3) is 0 Å². The Bertz CT molecular complexity index is 1560. The number of aliphatic hydroxyl groups is 1. The van der Waals surface area contributed by atoms with Crippen LogP contribution in [-0.2, 0) is 4.74 Å². The molecule has 0 saturated carbocycles. The van der Waals surface area contributed by atoms with E-state index in [-0.39, 0.29) is 37.3 Å². The predicted octanol–water partition coefficient (Wildman–Crippen LogP) is 6.03. The summed E-state index contributed by atoms with van der Waals surface area (Å²) in [6.07, 6.45) is 1.59. The average Bonchev–Trinajstić information content (AvgIpc) is 3.38. The number of halogens is 1. The largest absolute Gasteiger partial charge is 0.490 e. The number of aromatic nitrogens is 1. The van der Waals surface area contributed by atoms with E-state index < -0.39 is 35.9 Å². The van der Waals surface area contributed by atoms with Crippen LogP contribution < -0.4 is 20.7 Å². The Morgan fingerprint density at radius 2 is 1.80 bits per heavy atom. The highest BCUT2D eigenvalue weighted by molar-refractivity contribution is 6.03. The number of rotatable bonds is 7. The molecule has 0 radical (unpaired) electrons. The summed E-state index contributed by atoms with van der Waals surface area (Å²) in [6.45, 7) is 9.56. The molecule has 2 aromatic carbocycles. The fourth-order valence-corrected chi connectivity index (χ4v) is 5.51. The number of aliphatic hydroxyl groups excluding tert-OH is 1. The molecule has 0 aliphatic carbocycles. The van der Waals surface area contributed by atoms with Crippen LogP contribution in [0.15, 0.2) is 47.0 Å². The van der Waals surface area contributed by atoms with Gasteiger partial charge in [0.25, 0.3) is 5.91 Å². The molecule has 14 heteroatoms. The van der Waals surface area contributed by atoms with Crippen molar-refractivity contribution in [3.8, 4) is 5.75 Å². The quantitative estimate of drug-likeness (QED) is 0.235. The van der Waals surface area contributed by atoms with Gasteiger partial charge in [-0.05, 0) is 89.4 Å². The number of hydrogen-bond acceptors (Lipinski definition) is 8. The molecule has 49 heavy (non-hydrogen) atoms. The smallest absolute Gasteiger partial charge is 0.323 e. The highest BCUT2D eigenvalue weighted by Gasteiger charge is 2.31. The summed E-state index contributed by atoms with van der Waals surface area (Å²) in [7, 11) is 1.64. The fraction of sp³-hybridized carbons (Fsp3) is 0.486. The van der Waals surface area contributed by atoms with Gasteiger partial charge in [-0.2, -0.15) is 0 Å². The van der Waals surface area contributed by atoms with E-state index in [0.717, 1.165) is 12.8 Å². The maximum absolute atomic E-state index is 14.4. The van der Waals surface area contributed by atoms with Gasteiger partial charge in [-0.25, -0.2) is 14.0 Å². The number of nitrogens with zero attached hydrogens (tertiary/aromatic N) is 3. The van der Waals surface area contributed by atoms with Gasteiger partial charge in [-0.15, -0.1) is 0 Å². The second-order valence-electron chi connectivity index (χ2n) is 12.6. The number of aryl methyl sites for hydroxylation is 2. The van der Waals surface area contributed by atoms with Crippen LogP contribution in [-0.4, -0.2) is 89.6 Å². The van der Waals surface area contributed by atoms with Gasteiger partial charge < -0.3 is 44.9 Å². The zero-order valence-electron chi connectivity index (χ0n) is 28.9. The zero-order chi connectivity index (χ0) is 35.7. The molecule has 0 bridgehead atoms. The number of benzene rings is 2. The molecule has 266 valence electrons. The van der Waals surface area contributed by atoms with Crippen molar-refractivity contribution in [2.75, 3.05) is 49.3 Å². The summed E-state index contributed by atoms with van der Waals surface area (Å²) < 4.78 is 31.1. The van der Waals surface area contributed by atoms with Crippen LogP contribution in [0.5, 0.6) is 5.75 Å². The van der Waals surface area contributed by atoms with E-state index in [0.29, 0.717) is 47.3 Å². The van der Waals surface area contributed by atoms with Gasteiger partial charge >= 0.3 is 12.1 Å². The highest BCUT2D eigenvalue weighted by atomic mass is 19.1. The Hall–Kier alpha value is -4.69. The van der Waals surface area contributed by atoms with Gasteiger partial charge in [0.1, 0.15) is 22.9 Å². The molecule has 1 aliphatic rings. The van der Waals surface area contributed by atoms with Gasteiger partial charge in [0.2, 0.25) is 0 Å². The van der Waals surface area contributed by atoms with Gasteiger partial charge in [0.05, 0.1) is 30.4 Å². The standard InChI is InChI=1S/C35H47FN6O7/c1-21-18-42(22(2)20-43)33(44)29-17-28(37-34(45)39-32-24(4)40-49-25(32)5)14-15-30(29)48-23(3)9-7-8-16-47-31(21)19-41(6)35(46)38-27-12-10-26(36)11-13-27/h10-15,17,21-23,31,43H,7-9,16,18-20H2,1-6H3,(H,38,46)(H2,37,39,45)/t21-,22+,23+,31+/m1/s1. The Labute approximate surface area is 286 Å². The zero-order valence-corrected chi connectivity index (χ0v) is 28.9. The van der Waals surface area contributed by atoms with Crippen molar-refractivity contribution in [2.45, 2.75) is 72.1 Å². The van der Waals surface area contributed by atoms with E-state index in [2.05, 4.69) is 21.1 Å². The van der Waals surface area contributed by atoms with E-state index >= 15 is 0 Å². The molecular weight excluding hydrogens is 635 g/mol. The van der Waals surface area contributed by atoms with E-state index in [9.17, 15) is 23.9 Å². The molecule has 0 spiro atoms. The lowest BCUT2D eigenvalue weighted by Gasteiger charge is -2.35. The SMILES string of the molecule is Cc1noc(C)c1NC(=O)Nc1ccc2c(c1)C(=O)N([C@@H](C)CO)C[C@@H](C)[C@H](CN(C)C(=O)Nc1ccc(F)cc1)OCCCC[C@H](C)O2. The molecule has 4 atom stereocenters. The normalized spacial score (nSPS) is 19.6. The number of amides is 5. The summed E-state index contributed by atoms with van der Waals surface area (Å²) >= 11 is 0. The lowest BCUT2D eigenvalue weighted by molar-refractivity contribution is -0.0115. The number of urea groups is 2. The third-order valence-electron chi connectivity index (χ3n) is 8.48. The summed E-state index contributed by atoms with van der Waals surface area (Å²) in [5.74, 6) is -0.256. The van der Waals surface area contributed by atoms with Crippen LogP contribution in [0.1, 0.15) is 61.8 Å². The first-order valence-corrected chi connectivity index (χ1v) is 16.5. The number of carbonyl (C=O) groups excluding carboxylic acids is 3. The third-order valence-corrected chi connectivity index (χ3v) is 8.48. The van der Waals surface area contributed by atoms with Crippen molar-refractivity contribution in [3.05, 3.63) is 65.3 Å². The van der Waals surface area contributed by atoms with Crippen LogP contribution in [0.3, 0.4) is 0 Å². The molecule has 0 unspecified atom stereocenters. The van der Waals surface area contributed by atoms with Crippen LogP contribution >= 0.6 is 0 Å². The molecule has 4 rings (SSSR count). The third kappa shape index (κ3) is 10.2. The van der Waals surface area contributed by atoms with E-state index in [1.165, 1.54) is 29.2 Å².